The molecule has 0 aliphatic heterocycles. The molecule has 2 nitrogen and oxygen atoms in total. The quantitative estimate of drug-likeness (QED) is 0.280. The van der Waals surface area contributed by atoms with Crippen molar-refractivity contribution in [2.24, 2.45) is 0 Å². The largest absolute Gasteiger partial charge is 0.504 e. The van der Waals surface area contributed by atoms with Crippen molar-refractivity contribution in [2.75, 3.05) is 0 Å². The summed E-state index contributed by atoms with van der Waals surface area (Å²) in [6.07, 6.45) is 0. The van der Waals surface area contributed by atoms with Crippen molar-refractivity contribution in [2.45, 2.75) is 0 Å². The van der Waals surface area contributed by atoms with Crippen LogP contribution < -0.4 is 4.94 Å². The minimum atomic E-state index is -2.53. The van der Waals surface area contributed by atoms with Gasteiger partial charge in [0.05, 0.1) is 10.8 Å². The average Bonchev–Trinajstić information content (AvgIpc) is 2.58. The van der Waals surface area contributed by atoms with E-state index in [-0.39, 0.29) is 0 Å². The first-order valence-corrected chi connectivity index (χ1v) is 6.09. The predicted octanol–water partition coefficient (Wildman–Crippen LogP) is 5.07. The SMILES string of the molecule is Oc1c(OF)c(F)c(F)c2c1c(F)c(F)c1c(F)c(F)c(F)c(F)c12. The van der Waals surface area contributed by atoms with Gasteiger partial charge < -0.3 is 5.11 Å². The summed E-state index contributed by atoms with van der Waals surface area (Å²) in [6.45, 7) is 0. The molecule has 0 aliphatic rings. The van der Waals surface area contributed by atoms with Gasteiger partial charge in [0.2, 0.25) is 5.82 Å². The van der Waals surface area contributed by atoms with E-state index in [1.807, 2.05) is 0 Å². The van der Waals surface area contributed by atoms with Gasteiger partial charge in [-0.05, 0) is 0 Å². The summed E-state index contributed by atoms with van der Waals surface area (Å²) >= 11 is 0. The van der Waals surface area contributed by atoms with Gasteiger partial charge in [-0.2, -0.15) is 4.39 Å². The Kier molecular flexibility index (Phi) is 3.62. The van der Waals surface area contributed by atoms with Crippen LogP contribution in [0, 0.1) is 46.5 Å². The van der Waals surface area contributed by atoms with Crippen LogP contribution in [0.25, 0.3) is 21.5 Å². The van der Waals surface area contributed by atoms with Crippen molar-refractivity contribution >= 4 is 21.5 Å². The fourth-order valence-corrected chi connectivity index (χ4v) is 2.47. The number of hydrogen-bond donors (Lipinski definition) is 1. The monoisotopic (exact) mass is 372 g/mol. The highest BCUT2D eigenvalue weighted by Gasteiger charge is 2.33. The average molecular weight is 372 g/mol. The molecular formula is C14HF9O2. The summed E-state index contributed by atoms with van der Waals surface area (Å²) in [5.74, 6) is -22.9. The third-order valence-electron chi connectivity index (χ3n) is 3.54. The highest BCUT2D eigenvalue weighted by Crippen LogP contribution is 2.46. The summed E-state index contributed by atoms with van der Waals surface area (Å²) in [7, 11) is 0. The van der Waals surface area contributed by atoms with E-state index in [2.05, 4.69) is 4.94 Å². The van der Waals surface area contributed by atoms with Gasteiger partial charge in [0, 0.05) is 15.3 Å². The second kappa shape index (κ2) is 5.33. The molecule has 0 aliphatic carbocycles. The number of phenolic OH excluding ortho intramolecular Hbond substituents is 1. The summed E-state index contributed by atoms with van der Waals surface area (Å²) in [6, 6.07) is 0. The van der Waals surface area contributed by atoms with E-state index in [9.17, 15) is 44.8 Å². The van der Waals surface area contributed by atoms with Crippen molar-refractivity contribution in [1.29, 1.82) is 0 Å². The number of rotatable bonds is 1. The molecule has 0 heterocycles. The molecule has 0 saturated carbocycles. The van der Waals surface area contributed by atoms with Crippen LogP contribution in [0.3, 0.4) is 0 Å². The highest BCUT2D eigenvalue weighted by molar-refractivity contribution is 6.11. The van der Waals surface area contributed by atoms with E-state index < -0.39 is 79.6 Å². The van der Waals surface area contributed by atoms with E-state index in [4.69, 9.17) is 0 Å². The number of fused-ring (bicyclic) bond motifs is 3. The predicted molar refractivity (Wildman–Crippen MR) is 64.5 cm³/mol. The number of benzene rings is 3. The molecule has 0 radical (unpaired) electrons. The van der Waals surface area contributed by atoms with Crippen LogP contribution in [0.4, 0.5) is 39.6 Å². The van der Waals surface area contributed by atoms with Gasteiger partial charge in [0.15, 0.2) is 46.5 Å². The number of aromatic hydroxyl groups is 1. The van der Waals surface area contributed by atoms with Crippen molar-refractivity contribution in [3.63, 3.8) is 0 Å². The van der Waals surface area contributed by atoms with Crippen LogP contribution in [0.1, 0.15) is 0 Å². The third-order valence-corrected chi connectivity index (χ3v) is 3.54. The minimum absolute atomic E-state index is 1.67. The van der Waals surface area contributed by atoms with Crippen LogP contribution in [0.15, 0.2) is 0 Å². The summed E-state index contributed by atoms with van der Waals surface area (Å²) in [4.78, 5) is 2.81. The Morgan fingerprint density at radius 2 is 0.840 bits per heavy atom. The summed E-state index contributed by atoms with van der Waals surface area (Å²) in [5, 5.41) is 2.59. The summed E-state index contributed by atoms with van der Waals surface area (Å²) < 4.78 is 122. The van der Waals surface area contributed by atoms with Gasteiger partial charge in [-0.15, -0.1) is 0 Å². The van der Waals surface area contributed by atoms with Crippen molar-refractivity contribution in [3.05, 3.63) is 46.5 Å². The van der Waals surface area contributed by atoms with Crippen molar-refractivity contribution in [1.82, 2.24) is 0 Å². The molecule has 11 heteroatoms. The lowest BCUT2D eigenvalue weighted by molar-refractivity contribution is -0.0139. The maximum Gasteiger partial charge on any atom is 0.252 e. The molecule has 0 spiro atoms. The summed E-state index contributed by atoms with van der Waals surface area (Å²) in [5.41, 5.74) is 0. The van der Waals surface area contributed by atoms with Gasteiger partial charge in [0.25, 0.3) is 5.75 Å². The number of halogens is 9. The first-order chi connectivity index (χ1) is 11.6. The highest BCUT2D eigenvalue weighted by atomic mass is 19.3. The smallest absolute Gasteiger partial charge is 0.252 e. The molecule has 0 fully saturated rings. The maximum absolute atomic E-state index is 14.1. The lowest BCUT2D eigenvalue weighted by Gasteiger charge is -2.14. The topological polar surface area (TPSA) is 29.5 Å². The number of hydrogen-bond acceptors (Lipinski definition) is 2. The first kappa shape index (κ1) is 17.0. The molecule has 0 atom stereocenters. The fraction of sp³-hybridized carbons (Fsp3) is 0. The normalized spacial score (nSPS) is 11.6. The van der Waals surface area contributed by atoms with Gasteiger partial charge in [-0.1, -0.05) is 0 Å². The Balaban J connectivity index is 2.84. The second-order valence-corrected chi connectivity index (χ2v) is 4.77. The standard InChI is InChI=1S/C14HF9O2/c15-5-1-2-4(13(24)14(25-23)12(22)6(2)16)9(19)7(17)3(1)8(18)11(21)10(5)20/h24H. The van der Waals surface area contributed by atoms with E-state index in [0.717, 1.165) is 0 Å². The molecule has 3 rings (SSSR count). The Morgan fingerprint density at radius 1 is 0.480 bits per heavy atom. The first-order valence-electron chi connectivity index (χ1n) is 6.09. The zero-order valence-corrected chi connectivity index (χ0v) is 11.3. The molecule has 0 amide bonds. The Hall–Kier alpha value is -2.85. The molecule has 3 aromatic carbocycles. The lowest BCUT2D eigenvalue weighted by atomic mass is 9.97. The van der Waals surface area contributed by atoms with Crippen LogP contribution >= 0.6 is 0 Å². The molecule has 3 aromatic rings. The molecule has 0 bridgehead atoms. The van der Waals surface area contributed by atoms with Gasteiger partial charge in [-0.25, -0.2) is 30.7 Å². The molecule has 132 valence electrons. The molecule has 0 aromatic heterocycles. The van der Waals surface area contributed by atoms with Gasteiger partial charge in [0.1, 0.15) is 0 Å². The zero-order valence-electron chi connectivity index (χ0n) is 11.3. The second-order valence-electron chi connectivity index (χ2n) is 4.77. The van der Waals surface area contributed by atoms with Gasteiger partial charge in [-0.3, -0.25) is 4.94 Å². The Labute approximate surface area is 130 Å². The van der Waals surface area contributed by atoms with E-state index in [1.54, 1.807) is 0 Å². The van der Waals surface area contributed by atoms with E-state index in [0.29, 0.717) is 0 Å². The molecular weight excluding hydrogens is 371 g/mol. The Bertz CT molecular complexity index is 1080. The van der Waals surface area contributed by atoms with E-state index >= 15 is 0 Å². The maximum atomic E-state index is 14.1. The number of phenols is 1. The van der Waals surface area contributed by atoms with Crippen LogP contribution in [0.5, 0.6) is 11.5 Å². The molecule has 0 unspecified atom stereocenters. The van der Waals surface area contributed by atoms with Crippen molar-refractivity contribution < 1.29 is 49.7 Å². The third kappa shape index (κ3) is 1.94. The molecule has 0 saturated heterocycles. The van der Waals surface area contributed by atoms with Crippen LogP contribution in [-0.4, -0.2) is 5.11 Å². The minimum Gasteiger partial charge on any atom is -0.504 e. The molecule has 25 heavy (non-hydrogen) atoms. The fourth-order valence-electron chi connectivity index (χ4n) is 2.47. The van der Waals surface area contributed by atoms with Crippen LogP contribution in [-0.2, 0) is 0 Å². The van der Waals surface area contributed by atoms with Gasteiger partial charge >= 0.3 is 0 Å². The Morgan fingerprint density at radius 3 is 1.36 bits per heavy atom. The molecule has 1 N–H and O–H groups in total. The lowest BCUT2D eigenvalue weighted by Crippen LogP contribution is -2.05. The van der Waals surface area contributed by atoms with Crippen LogP contribution in [0.2, 0.25) is 0 Å². The van der Waals surface area contributed by atoms with Crippen molar-refractivity contribution in [3.8, 4) is 11.5 Å². The van der Waals surface area contributed by atoms with E-state index in [1.165, 1.54) is 0 Å². The zero-order chi connectivity index (χ0) is 18.8.